The van der Waals surface area contributed by atoms with Gasteiger partial charge in [-0.15, -0.1) is 0 Å². The molecule has 31 heavy (non-hydrogen) atoms. The van der Waals surface area contributed by atoms with Gasteiger partial charge in [0, 0.05) is 11.6 Å². The molecule has 0 spiro atoms. The number of fused-ring (bicyclic) bond motifs is 1. The van der Waals surface area contributed by atoms with Crippen LogP contribution in [0.5, 0.6) is 0 Å². The van der Waals surface area contributed by atoms with Crippen LogP contribution in [0.25, 0.3) is 10.9 Å². The van der Waals surface area contributed by atoms with E-state index >= 15 is 0 Å². The first-order valence-corrected chi connectivity index (χ1v) is 12.5. The van der Waals surface area contributed by atoms with Crippen molar-refractivity contribution in [1.82, 2.24) is 4.98 Å². The quantitative estimate of drug-likeness (QED) is 0.410. The molecule has 0 unspecified atom stereocenters. The average Bonchev–Trinajstić information content (AvgIpc) is 2.80. The van der Waals surface area contributed by atoms with Gasteiger partial charge in [-0.3, -0.25) is 0 Å². The molecule has 0 bridgehead atoms. The van der Waals surface area contributed by atoms with Crippen molar-refractivity contribution in [3.05, 3.63) is 97.1 Å². The third-order valence-corrected chi connectivity index (χ3v) is 9.51. The smallest absolute Gasteiger partial charge is 0.206 e. The zero-order valence-corrected chi connectivity index (χ0v) is 17.9. The Labute approximate surface area is 180 Å². The number of hydrogen-bond acceptors (Lipinski definition) is 6. The summed E-state index contributed by atoms with van der Waals surface area (Å²) in [6, 6.07) is 25.7. The molecule has 8 heteroatoms. The standard InChI is InChI=1S/C23H18N2O4S2/c26-30(27,19-10-3-1-4-11-19)23(31(28,29)20-12-5-2-6-13-20)17-24-22-16-15-18-9-7-8-14-21(18)25-22/h1-17,23H. The largest absolute Gasteiger partial charge is 0.239 e. The first kappa shape index (κ1) is 20.9. The number of para-hydroxylation sites is 1. The second kappa shape index (κ2) is 8.41. The van der Waals surface area contributed by atoms with Gasteiger partial charge >= 0.3 is 0 Å². The molecule has 0 N–H and O–H groups in total. The maximum Gasteiger partial charge on any atom is 0.206 e. The number of aromatic nitrogens is 1. The molecule has 1 heterocycles. The highest BCUT2D eigenvalue weighted by atomic mass is 32.3. The lowest BCUT2D eigenvalue weighted by atomic mass is 10.2. The average molecular weight is 451 g/mol. The normalized spacial score (nSPS) is 12.5. The molecule has 0 atom stereocenters. The van der Waals surface area contributed by atoms with Crippen molar-refractivity contribution in [3.63, 3.8) is 0 Å². The van der Waals surface area contributed by atoms with E-state index < -0.39 is 24.3 Å². The van der Waals surface area contributed by atoms with Crippen LogP contribution in [0.1, 0.15) is 0 Å². The van der Waals surface area contributed by atoms with Gasteiger partial charge in [0.2, 0.25) is 24.3 Å². The molecule has 0 amide bonds. The van der Waals surface area contributed by atoms with Gasteiger partial charge in [0.25, 0.3) is 0 Å². The number of aliphatic imine (C=N–C) groups is 1. The Balaban J connectivity index is 1.83. The van der Waals surface area contributed by atoms with E-state index in [2.05, 4.69) is 9.98 Å². The minimum atomic E-state index is -4.28. The minimum Gasteiger partial charge on any atom is -0.239 e. The van der Waals surface area contributed by atoms with E-state index in [4.69, 9.17) is 0 Å². The Morgan fingerprint density at radius 3 is 1.74 bits per heavy atom. The van der Waals surface area contributed by atoms with E-state index in [9.17, 15) is 16.8 Å². The number of nitrogens with zero attached hydrogens (tertiary/aromatic N) is 2. The Bertz CT molecular complexity index is 1380. The number of pyridine rings is 1. The number of benzene rings is 3. The summed E-state index contributed by atoms with van der Waals surface area (Å²) in [5.74, 6) is 0.218. The topological polar surface area (TPSA) is 93.5 Å². The van der Waals surface area contributed by atoms with E-state index in [0.717, 1.165) is 11.6 Å². The molecular weight excluding hydrogens is 432 g/mol. The molecule has 0 radical (unpaired) electrons. The highest BCUT2D eigenvalue weighted by Crippen LogP contribution is 2.25. The van der Waals surface area contributed by atoms with Gasteiger partial charge in [-0.25, -0.2) is 26.8 Å². The van der Waals surface area contributed by atoms with Crippen LogP contribution in [0.15, 0.2) is 112 Å². The first-order chi connectivity index (χ1) is 14.9. The zero-order chi connectivity index (χ0) is 21.9. The summed E-state index contributed by atoms with van der Waals surface area (Å²) in [4.78, 5) is 8.32. The number of sulfone groups is 2. The van der Waals surface area contributed by atoms with Gasteiger partial charge in [-0.05, 0) is 42.5 Å². The van der Waals surface area contributed by atoms with Gasteiger partial charge in [0.15, 0.2) is 5.82 Å². The van der Waals surface area contributed by atoms with E-state index in [1.54, 1.807) is 54.6 Å². The predicted molar refractivity (Wildman–Crippen MR) is 121 cm³/mol. The molecule has 6 nitrogen and oxygen atoms in total. The van der Waals surface area contributed by atoms with Gasteiger partial charge in [-0.1, -0.05) is 54.6 Å². The van der Waals surface area contributed by atoms with Crippen LogP contribution in [-0.4, -0.2) is 32.6 Å². The Kier molecular flexibility index (Phi) is 5.67. The van der Waals surface area contributed by atoms with Crippen molar-refractivity contribution in [2.75, 3.05) is 0 Å². The summed E-state index contributed by atoms with van der Waals surface area (Å²) in [5, 5.41) is 0.895. The fourth-order valence-corrected chi connectivity index (χ4v) is 7.13. The lowest BCUT2D eigenvalue weighted by Crippen LogP contribution is -2.32. The predicted octanol–water partition coefficient (Wildman–Crippen LogP) is 4.21. The van der Waals surface area contributed by atoms with Crippen LogP contribution in [0.3, 0.4) is 0 Å². The maximum absolute atomic E-state index is 13.3. The molecular formula is C23H18N2O4S2. The van der Waals surface area contributed by atoms with Gasteiger partial charge < -0.3 is 0 Å². The molecule has 4 aromatic rings. The fourth-order valence-electron chi connectivity index (χ4n) is 3.08. The van der Waals surface area contributed by atoms with Crippen molar-refractivity contribution in [2.24, 2.45) is 4.99 Å². The fraction of sp³-hybridized carbons (Fsp3) is 0.0435. The minimum absolute atomic E-state index is 0.0996. The third-order valence-electron chi connectivity index (χ3n) is 4.67. The lowest BCUT2D eigenvalue weighted by molar-refractivity contribution is 0.584. The molecule has 4 rings (SSSR count). The van der Waals surface area contributed by atoms with Crippen LogP contribution in [0.4, 0.5) is 5.82 Å². The highest BCUT2D eigenvalue weighted by molar-refractivity contribution is 8.10. The summed E-state index contributed by atoms with van der Waals surface area (Å²) >= 11 is 0. The summed E-state index contributed by atoms with van der Waals surface area (Å²) in [5.41, 5.74) is 0.672. The summed E-state index contributed by atoms with van der Waals surface area (Å²) in [7, 11) is -8.57. The molecule has 0 saturated heterocycles. The van der Waals surface area contributed by atoms with Crippen molar-refractivity contribution in [1.29, 1.82) is 0 Å². The van der Waals surface area contributed by atoms with E-state index in [1.165, 1.54) is 24.3 Å². The molecule has 0 saturated carbocycles. The second-order valence-electron chi connectivity index (χ2n) is 6.72. The molecule has 156 valence electrons. The lowest BCUT2D eigenvalue weighted by Gasteiger charge is -2.15. The first-order valence-electron chi connectivity index (χ1n) is 9.37. The van der Waals surface area contributed by atoms with E-state index in [-0.39, 0.29) is 15.6 Å². The van der Waals surface area contributed by atoms with Crippen molar-refractivity contribution in [3.8, 4) is 0 Å². The number of hydrogen-bond donors (Lipinski definition) is 0. The molecule has 0 fully saturated rings. The Morgan fingerprint density at radius 1 is 0.645 bits per heavy atom. The van der Waals surface area contributed by atoms with Crippen LogP contribution < -0.4 is 0 Å². The van der Waals surface area contributed by atoms with Crippen LogP contribution in [0, 0.1) is 0 Å². The van der Waals surface area contributed by atoms with Crippen LogP contribution in [-0.2, 0) is 19.7 Å². The van der Waals surface area contributed by atoms with Crippen LogP contribution in [0.2, 0.25) is 0 Å². The zero-order valence-electron chi connectivity index (χ0n) is 16.2. The van der Waals surface area contributed by atoms with Gasteiger partial charge in [0.1, 0.15) is 0 Å². The van der Waals surface area contributed by atoms with Crippen molar-refractivity contribution in [2.45, 2.75) is 14.4 Å². The van der Waals surface area contributed by atoms with Crippen molar-refractivity contribution < 1.29 is 16.8 Å². The maximum atomic E-state index is 13.3. The SMILES string of the molecule is O=S(=O)(c1ccccc1)C(C=Nc1ccc2ccccc2n1)S(=O)(=O)c1ccccc1. The molecule has 0 aliphatic heterocycles. The van der Waals surface area contributed by atoms with Crippen LogP contribution >= 0.6 is 0 Å². The molecule has 1 aromatic heterocycles. The number of rotatable bonds is 6. The van der Waals surface area contributed by atoms with Gasteiger partial charge in [-0.2, -0.15) is 0 Å². The van der Waals surface area contributed by atoms with Crippen molar-refractivity contribution >= 4 is 42.6 Å². The van der Waals surface area contributed by atoms with E-state index in [1.807, 2.05) is 18.2 Å². The Morgan fingerprint density at radius 2 is 1.16 bits per heavy atom. The molecule has 0 aliphatic carbocycles. The molecule has 3 aromatic carbocycles. The third kappa shape index (κ3) is 4.26. The second-order valence-corrected chi connectivity index (χ2v) is 11.2. The monoisotopic (exact) mass is 450 g/mol. The molecule has 0 aliphatic rings. The highest BCUT2D eigenvalue weighted by Gasteiger charge is 2.38. The summed E-state index contributed by atoms with van der Waals surface area (Å²) < 4.78 is 51.3. The van der Waals surface area contributed by atoms with E-state index in [0.29, 0.717) is 5.52 Å². The summed E-state index contributed by atoms with van der Waals surface area (Å²) in [6.07, 6.45) is 0.946. The Hall–Kier alpha value is -3.36. The summed E-state index contributed by atoms with van der Waals surface area (Å²) in [6.45, 7) is 0. The van der Waals surface area contributed by atoms with Gasteiger partial charge in [0.05, 0.1) is 15.3 Å².